The molecule has 0 spiro atoms. The van der Waals surface area contributed by atoms with Crippen LogP contribution in [0.2, 0.25) is 0 Å². The maximum atomic E-state index is 9.55. The smallest absolute Gasteiger partial charge is 0.0530 e. The zero-order chi connectivity index (χ0) is 13.0. The third kappa shape index (κ3) is 5.40. The number of rotatable bonds is 6. The van der Waals surface area contributed by atoms with Crippen LogP contribution in [-0.2, 0) is 0 Å². The molecule has 0 aliphatic rings. The highest BCUT2D eigenvalue weighted by Gasteiger charge is 2.30. The van der Waals surface area contributed by atoms with Crippen molar-refractivity contribution in [1.29, 1.82) is 0 Å². The van der Waals surface area contributed by atoms with E-state index in [1.54, 1.807) is 0 Å². The monoisotopic (exact) mass is 244 g/mol. The van der Waals surface area contributed by atoms with Gasteiger partial charge in [0, 0.05) is 10.3 Å². The van der Waals surface area contributed by atoms with Crippen LogP contribution in [-0.4, -0.2) is 16.6 Å². The largest absolute Gasteiger partial charge is 0.395 e. The molecule has 1 N–H and O–H groups in total. The van der Waals surface area contributed by atoms with Gasteiger partial charge in [0.1, 0.15) is 0 Å². The van der Waals surface area contributed by atoms with Crippen molar-refractivity contribution in [3.05, 3.63) is 0 Å². The van der Waals surface area contributed by atoms with Crippen LogP contribution >= 0.6 is 12.2 Å². The minimum Gasteiger partial charge on any atom is -0.395 e. The normalized spacial score (nSPS) is 16.2. The lowest BCUT2D eigenvalue weighted by Gasteiger charge is -2.31. The van der Waals surface area contributed by atoms with E-state index < -0.39 is 0 Å². The molecule has 0 amide bonds. The predicted molar refractivity (Wildman–Crippen MR) is 75.9 cm³/mol. The molecule has 0 bridgehead atoms. The molecule has 0 aliphatic heterocycles. The van der Waals surface area contributed by atoms with Gasteiger partial charge in [-0.15, -0.1) is 0 Å². The van der Waals surface area contributed by atoms with Crippen LogP contribution in [0, 0.1) is 16.7 Å². The van der Waals surface area contributed by atoms with Crippen molar-refractivity contribution in [3.8, 4) is 0 Å². The van der Waals surface area contributed by atoms with Crippen molar-refractivity contribution in [2.24, 2.45) is 16.7 Å². The average Bonchev–Trinajstić information content (AvgIpc) is 2.14. The maximum Gasteiger partial charge on any atom is 0.0530 e. The van der Waals surface area contributed by atoms with Gasteiger partial charge in [0.15, 0.2) is 0 Å². The maximum absolute atomic E-state index is 9.55. The number of hydrogen-bond donors (Lipinski definition) is 1. The first-order valence-corrected chi connectivity index (χ1v) is 6.68. The number of thiocarbonyl (C=S) groups is 1. The van der Waals surface area contributed by atoms with Gasteiger partial charge in [-0.1, -0.05) is 60.2 Å². The van der Waals surface area contributed by atoms with Gasteiger partial charge in [-0.25, -0.2) is 0 Å². The summed E-state index contributed by atoms with van der Waals surface area (Å²) in [5.74, 6) is 0.377. The van der Waals surface area contributed by atoms with Crippen molar-refractivity contribution in [1.82, 2.24) is 0 Å². The summed E-state index contributed by atoms with van der Waals surface area (Å²) < 4.78 is 0. The van der Waals surface area contributed by atoms with Gasteiger partial charge in [-0.2, -0.15) is 0 Å². The van der Waals surface area contributed by atoms with E-state index in [2.05, 4.69) is 41.5 Å². The summed E-state index contributed by atoms with van der Waals surface area (Å²) >= 11 is 5.46. The van der Waals surface area contributed by atoms with Crippen LogP contribution in [0.15, 0.2) is 0 Å². The molecule has 0 aliphatic carbocycles. The van der Waals surface area contributed by atoms with E-state index in [-0.39, 0.29) is 12.0 Å². The highest BCUT2D eigenvalue weighted by atomic mass is 32.1. The molecule has 0 fully saturated rings. The molecule has 0 aromatic rings. The van der Waals surface area contributed by atoms with Gasteiger partial charge in [0.2, 0.25) is 0 Å². The van der Waals surface area contributed by atoms with Crippen LogP contribution in [0.4, 0.5) is 0 Å². The summed E-state index contributed by atoms with van der Waals surface area (Å²) in [6.07, 6.45) is 3.31. The SMILES string of the molecule is CC(C)C(=S)[C@@](C)(CO)CCCC(C)(C)C. The zero-order valence-electron chi connectivity index (χ0n) is 11.8. The molecule has 2 heteroatoms. The molecule has 0 saturated carbocycles. The van der Waals surface area contributed by atoms with Gasteiger partial charge in [0.25, 0.3) is 0 Å². The molecule has 0 unspecified atom stereocenters. The van der Waals surface area contributed by atoms with Crippen LogP contribution in [0.25, 0.3) is 0 Å². The lowest BCUT2D eigenvalue weighted by molar-refractivity contribution is 0.180. The molecule has 96 valence electrons. The Balaban J connectivity index is 4.34. The second kappa shape index (κ2) is 6.11. The van der Waals surface area contributed by atoms with E-state index in [1.807, 2.05) is 0 Å². The van der Waals surface area contributed by atoms with E-state index in [9.17, 15) is 5.11 Å². The topological polar surface area (TPSA) is 20.2 Å². The molecular formula is C14H28OS. The number of hydrogen-bond acceptors (Lipinski definition) is 2. The standard InChI is InChI=1S/C14H28OS/c1-11(2)12(16)14(6,10-15)9-7-8-13(3,4)5/h11,15H,7-10H2,1-6H3/t14-/m1/s1. The van der Waals surface area contributed by atoms with Crippen LogP contribution in [0.1, 0.15) is 60.8 Å². The van der Waals surface area contributed by atoms with Gasteiger partial charge in [0.05, 0.1) is 6.61 Å². The Labute approximate surface area is 107 Å². The minimum absolute atomic E-state index is 0.172. The second-order valence-electron chi connectivity index (χ2n) is 6.65. The molecule has 0 saturated heterocycles. The Morgan fingerprint density at radius 3 is 1.94 bits per heavy atom. The predicted octanol–water partition coefficient (Wildman–Crippen LogP) is 4.23. The van der Waals surface area contributed by atoms with Crippen molar-refractivity contribution in [2.75, 3.05) is 6.61 Å². The first-order valence-electron chi connectivity index (χ1n) is 6.27. The molecule has 0 rings (SSSR count). The van der Waals surface area contributed by atoms with Gasteiger partial charge in [-0.3, -0.25) is 0 Å². The lowest BCUT2D eigenvalue weighted by atomic mass is 9.76. The Hall–Kier alpha value is 0.0500. The Morgan fingerprint density at radius 2 is 1.62 bits per heavy atom. The molecule has 0 heterocycles. The van der Waals surface area contributed by atoms with Gasteiger partial charge >= 0.3 is 0 Å². The van der Waals surface area contributed by atoms with Crippen LogP contribution in [0.5, 0.6) is 0 Å². The van der Waals surface area contributed by atoms with E-state index in [1.165, 1.54) is 6.42 Å². The molecule has 0 aromatic carbocycles. The van der Waals surface area contributed by atoms with Crippen LogP contribution < -0.4 is 0 Å². The Morgan fingerprint density at radius 1 is 1.12 bits per heavy atom. The summed E-state index contributed by atoms with van der Waals surface area (Å²) in [4.78, 5) is 1.02. The molecule has 0 radical (unpaired) electrons. The number of aliphatic hydroxyl groups is 1. The molecule has 16 heavy (non-hydrogen) atoms. The van der Waals surface area contributed by atoms with E-state index in [4.69, 9.17) is 12.2 Å². The molecular weight excluding hydrogens is 216 g/mol. The lowest BCUT2D eigenvalue weighted by Crippen LogP contribution is -2.33. The van der Waals surface area contributed by atoms with Crippen molar-refractivity contribution < 1.29 is 5.11 Å². The zero-order valence-corrected chi connectivity index (χ0v) is 12.6. The Kier molecular flexibility index (Phi) is 6.13. The second-order valence-corrected chi connectivity index (χ2v) is 7.09. The molecule has 1 atom stereocenters. The minimum atomic E-state index is -0.172. The molecule has 1 nitrogen and oxygen atoms in total. The summed E-state index contributed by atoms with van der Waals surface area (Å²) in [5.41, 5.74) is 0.199. The summed E-state index contributed by atoms with van der Waals surface area (Å²) in [5, 5.41) is 9.55. The summed E-state index contributed by atoms with van der Waals surface area (Å²) in [6, 6.07) is 0. The average molecular weight is 244 g/mol. The van der Waals surface area contributed by atoms with E-state index in [0.717, 1.165) is 17.7 Å². The first-order chi connectivity index (χ1) is 7.12. The third-order valence-electron chi connectivity index (χ3n) is 3.12. The van der Waals surface area contributed by atoms with Crippen molar-refractivity contribution in [3.63, 3.8) is 0 Å². The first kappa shape index (κ1) is 16.1. The highest BCUT2D eigenvalue weighted by molar-refractivity contribution is 7.80. The highest BCUT2D eigenvalue weighted by Crippen LogP contribution is 2.32. The Bertz CT molecular complexity index is 227. The summed E-state index contributed by atoms with van der Waals surface area (Å²) in [6.45, 7) is 13.3. The fourth-order valence-corrected chi connectivity index (χ4v) is 2.15. The fraction of sp³-hybridized carbons (Fsp3) is 0.929. The van der Waals surface area contributed by atoms with Crippen LogP contribution in [0.3, 0.4) is 0 Å². The fourth-order valence-electron chi connectivity index (χ4n) is 1.99. The van der Waals surface area contributed by atoms with Crippen molar-refractivity contribution in [2.45, 2.75) is 60.8 Å². The molecule has 0 aromatic heterocycles. The van der Waals surface area contributed by atoms with Gasteiger partial charge in [-0.05, 0) is 24.2 Å². The van der Waals surface area contributed by atoms with E-state index in [0.29, 0.717) is 11.3 Å². The quantitative estimate of drug-likeness (QED) is 0.706. The summed E-state index contributed by atoms with van der Waals surface area (Å²) in [7, 11) is 0. The van der Waals surface area contributed by atoms with E-state index >= 15 is 0 Å². The van der Waals surface area contributed by atoms with Gasteiger partial charge < -0.3 is 5.11 Å². The third-order valence-corrected chi connectivity index (χ3v) is 4.09. The number of aliphatic hydroxyl groups excluding tert-OH is 1. The van der Waals surface area contributed by atoms with Crippen molar-refractivity contribution >= 4 is 17.1 Å².